The van der Waals surface area contributed by atoms with Gasteiger partial charge >= 0.3 is 0 Å². The number of rotatable bonds is 10. The maximum Gasteiger partial charge on any atom is 0.192 e. The van der Waals surface area contributed by atoms with Gasteiger partial charge in [0.1, 0.15) is 0 Å². The van der Waals surface area contributed by atoms with E-state index in [0.717, 1.165) is 40.8 Å². The molecule has 136 valence electrons. The molecule has 0 saturated carbocycles. The van der Waals surface area contributed by atoms with Gasteiger partial charge in [-0.25, -0.2) is 4.98 Å². The number of aryl methyl sites for hydroxylation is 1. The molecule has 5 heteroatoms. The third-order valence-electron chi connectivity index (χ3n) is 4.78. The van der Waals surface area contributed by atoms with Crippen molar-refractivity contribution in [3.05, 3.63) is 33.3 Å². The van der Waals surface area contributed by atoms with Crippen molar-refractivity contribution in [2.45, 2.75) is 72.2 Å². The summed E-state index contributed by atoms with van der Waals surface area (Å²) in [6.45, 7) is 13.0. The average Bonchev–Trinajstić information content (AvgIpc) is 3.00. The summed E-state index contributed by atoms with van der Waals surface area (Å²) in [5, 5.41) is 12.4. The standard InChI is InChI=1S/C19H33NO2SSi/c1-7-24(8-2,9-3)22-19(11-10-15(4)13-21)16(5)12-18-14-23-17(6)20-18/h10,12,14,19,21H,7-9,11,13H2,1-6H3/b15-10-,16-12+/t19-/m0/s1. The lowest BCUT2D eigenvalue weighted by Gasteiger charge is -2.33. The summed E-state index contributed by atoms with van der Waals surface area (Å²) in [5.41, 5.74) is 3.23. The zero-order valence-corrected chi connectivity index (χ0v) is 17.9. The van der Waals surface area contributed by atoms with Crippen molar-refractivity contribution >= 4 is 25.7 Å². The molecule has 3 nitrogen and oxygen atoms in total. The molecule has 0 saturated heterocycles. The Kier molecular flexibility index (Phi) is 9.12. The molecule has 1 aromatic rings. The van der Waals surface area contributed by atoms with Gasteiger partial charge in [-0.2, -0.15) is 0 Å². The molecule has 1 N–H and O–H groups in total. The number of nitrogens with zero attached hydrogens (tertiary/aromatic N) is 1. The predicted molar refractivity (Wildman–Crippen MR) is 108 cm³/mol. The number of thiazole rings is 1. The molecule has 1 rings (SSSR count). The number of hydrogen-bond acceptors (Lipinski definition) is 4. The van der Waals surface area contributed by atoms with Crippen molar-refractivity contribution in [1.29, 1.82) is 0 Å². The lowest BCUT2D eigenvalue weighted by Crippen LogP contribution is -2.40. The second-order valence-corrected chi connectivity index (χ2v) is 12.3. The van der Waals surface area contributed by atoms with Gasteiger partial charge in [-0.1, -0.05) is 32.4 Å². The van der Waals surface area contributed by atoms with Gasteiger partial charge in [0, 0.05) is 5.38 Å². The minimum atomic E-state index is -1.69. The molecular weight excluding hydrogens is 334 g/mol. The fourth-order valence-electron chi connectivity index (χ4n) is 2.77. The number of aliphatic hydroxyl groups is 1. The molecule has 0 fully saturated rings. The molecule has 1 heterocycles. The fraction of sp³-hybridized carbons (Fsp3) is 0.632. The van der Waals surface area contributed by atoms with E-state index in [1.165, 1.54) is 5.57 Å². The topological polar surface area (TPSA) is 42.4 Å². The van der Waals surface area contributed by atoms with Crippen LogP contribution in [0.4, 0.5) is 0 Å². The fourth-order valence-corrected chi connectivity index (χ4v) is 6.23. The second-order valence-electron chi connectivity index (χ2n) is 6.47. The van der Waals surface area contributed by atoms with Gasteiger partial charge < -0.3 is 9.53 Å². The highest BCUT2D eigenvalue weighted by atomic mass is 32.1. The number of aromatic nitrogens is 1. The Hall–Kier alpha value is -0.753. The van der Waals surface area contributed by atoms with Gasteiger partial charge in [0.25, 0.3) is 0 Å². The van der Waals surface area contributed by atoms with E-state index in [4.69, 9.17) is 4.43 Å². The molecule has 0 bridgehead atoms. The Morgan fingerprint density at radius 1 is 1.29 bits per heavy atom. The number of aliphatic hydroxyl groups excluding tert-OH is 1. The largest absolute Gasteiger partial charge is 0.410 e. The summed E-state index contributed by atoms with van der Waals surface area (Å²) in [7, 11) is -1.69. The van der Waals surface area contributed by atoms with Crippen LogP contribution in [0.25, 0.3) is 6.08 Å². The molecule has 24 heavy (non-hydrogen) atoms. The minimum Gasteiger partial charge on any atom is -0.410 e. The van der Waals surface area contributed by atoms with E-state index in [2.05, 4.69) is 50.2 Å². The van der Waals surface area contributed by atoms with Crippen LogP contribution in [0.2, 0.25) is 18.1 Å². The maximum absolute atomic E-state index is 9.27. The Bertz CT molecular complexity index is 553. The van der Waals surface area contributed by atoms with Crippen molar-refractivity contribution in [2.24, 2.45) is 0 Å². The Labute approximate surface area is 152 Å². The summed E-state index contributed by atoms with van der Waals surface area (Å²) >= 11 is 1.67. The van der Waals surface area contributed by atoms with Gasteiger partial charge in [0.15, 0.2) is 8.32 Å². The third kappa shape index (κ3) is 6.28. The first-order valence-corrected chi connectivity index (χ1v) is 12.3. The van der Waals surface area contributed by atoms with E-state index >= 15 is 0 Å². The van der Waals surface area contributed by atoms with Gasteiger partial charge in [0.05, 0.1) is 23.4 Å². The zero-order chi connectivity index (χ0) is 18.2. The van der Waals surface area contributed by atoms with Gasteiger partial charge in [-0.15, -0.1) is 11.3 Å². The normalized spacial score (nSPS) is 15.0. The Balaban J connectivity index is 3.05. The van der Waals surface area contributed by atoms with Crippen molar-refractivity contribution in [1.82, 2.24) is 4.98 Å². The summed E-state index contributed by atoms with van der Waals surface area (Å²) in [6.07, 6.45) is 5.14. The monoisotopic (exact) mass is 367 g/mol. The van der Waals surface area contributed by atoms with Crippen LogP contribution < -0.4 is 0 Å². The summed E-state index contributed by atoms with van der Waals surface area (Å²) < 4.78 is 6.74. The van der Waals surface area contributed by atoms with Crippen molar-refractivity contribution in [2.75, 3.05) is 6.61 Å². The van der Waals surface area contributed by atoms with E-state index < -0.39 is 8.32 Å². The van der Waals surface area contributed by atoms with Crippen LogP contribution in [0.3, 0.4) is 0 Å². The smallest absolute Gasteiger partial charge is 0.192 e. The Morgan fingerprint density at radius 2 is 1.92 bits per heavy atom. The molecule has 1 atom stereocenters. The third-order valence-corrected chi connectivity index (χ3v) is 10.2. The van der Waals surface area contributed by atoms with E-state index in [-0.39, 0.29) is 12.7 Å². The summed E-state index contributed by atoms with van der Waals surface area (Å²) in [4.78, 5) is 4.54. The second kappa shape index (κ2) is 10.3. The van der Waals surface area contributed by atoms with Crippen LogP contribution >= 0.6 is 11.3 Å². The van der Waals surface area contributed by atoms with Crippen LogP contribution in [0, 0.1) is 6.92 Å². The van der Waals surface area contributed by atoms with Crippen LogP contribution in [-0.4, -0.2) is 31.1 Å². The minimum absolute atomic E-state index is 0.0695. The molecule has 0 unspecified atom stereocenters. The number of hydrogen-bond donors (Lipinski definition) is 1. The van der Waals surface area contributed by atoms with Gasteiger partial charge in [-0.3, -0.25) is 0 Å². The average molecular weight is 368 g/mol. The van der Waals surface area contributed by atoms with Crippen LogP contribution in [0.15, 0.2) is 22.6 Å². The molecule has 1 aromatic heterocycles. The first-order valence-electron chi connectivity index (χ1n) is 8.94. The van der Waals surface area contributed by atoms with E-state index in [0.29, 0.717) is 0 Å². The van der Waals surface area contributed by atoms with Crippen molar-refractivity contribution in [3.8, 4) is 0 Å². The van der Waals surface area contributed by atoms with Crippen molar-refractivity contribution in [3.63, 3.8) is 0 Å². The molecule has 0 amide bonds. The van der Waals surface area contributed by atoms with Crippen molar-refractivity contribution < 1.29 is 9.53 Å². The quantitative estimate of drug-likeness (QED) is 0.434. The van der Waals surface area contributed by atoms with E-state index in [1.807, 2.05) is 13.8 Å². The van der Waals surface area contributed by atoms with E-state index in [9.17, 15) is 5.11 Å². The maximum atomic E-state index is 9.27. The lowest BCUT2D eigenvalue weighted by molar-refractivity contribution is 0.224. The molecule has 0 aromatic carbocycles. The highest BCUT2D eigenvalue weighted by Gasteiger charge is 2.32. The van der Waals surface area contributed by atoms with Gasteiger partial charge in [-0.05, 0) is 57.0 Å². The first-order chi connectivity index (χ1) is 11.4. The lowest BCUT2D eigenvalue weighted by atomic mass is 10.1. The van der Waals surface area contributed by atoms with E-state index in [1.54, 1.807) is 11.3 Å². The molecule has 0 spiro atoms. The molecule has 0 aliphatic carbocycles. The predicted octanol–water partition coefficient (Wildman–Crippen LogP) is 5.57. The first kappa shape index (κ1) is 21.3. The molecule has 0 aliphatic heterocycles. The zero-order valence-electron chi connectivity index (χ0n) is 16.1. The molecular formula is C19H33NO2SSi. The summed E-state index contributed by atoms with van der Waals surface area (Å²) in [6, 6.07) is 3.42. The van der Waals surface area contributed by atoms with Crippen LogP contribution in [-0.2, 0) is 4.43 Å². The highest BCUT2D eigenvalue weighted by Crippen LogP contribution is 2.28. The SMILES string of the molecule is CC[Si](CC)(CC)O[C@@H](C/C=C(/C)CO)/C(C)=C/c1csc(C)n1. The highest BCUT2D eigenvalue weighted by molar-refractivity contribution is 7.09. The molecule has 0 aliphatic rings. The summed E-state index contributed by atoms with van der Waals surface area (Å²) in [5.74, 6) is 0. The Morgan fingerprint density at radius 3 is 2.38 bits per heavy atom. The van der Waals surface area contributed by atoms with Crippen LogP contribution in [0.1, 0.15) is 51.7 Å². The molecule has 0 radical (unpaired) electrons. The van der Waals surface area contributed by atoms with Crippen LogP contribution in [0.5, 0.6) is 0 Å². The van der Waals surface area contributed by atoms with Gasteiger partial charge in [0.2, 0.25) is 0 Å².